The smallest absolute Gasteiger partial charge is 0.332 e. The van der Waals surface area contributed by atoms with Gasteiger partial charge in [0.2, 0.25) is 5.91 Å². The maximum atomic E-state index is 12.7. The zero-order valence-electron chi connectivity index (χ0n) is 18.3. The molecular weight excluding hydrogens is 428 g/mol. The minimum absolute atomic E-state index is 0.0636. The van der Waals surface area contributed by atoms with Crippen LogP contribution in [0, 0.1) is 0 Å². The number of carbonyl (C=O) groups is 2. The molecule has 33 heavy (non-hydrogen) atoms. The summed E-state index contributed by atoms with van der Waals surface area (Å²) >= 11 is 0. The molecule has 1 saturated heterocycles. The van der Waals surface area contributed by atoms with Crippen LogP contribution >= 0.6 is 0 Å². The molecular formula is C22H24N6O5. The second-order valence-corrected chi connectivity index (χ2v) is 7.74. The fraction of sp³-hybridized carbons (Fsp3) is 0.318. The standard InChI is InChI=1S/C22H24N6O5/c1-26-19-16(21(31)27(2)22(26)32)7-8-17(25-19)20(30)24-15-5-3-14(4-6-15)23-18(29)13-28-9-11-33-12-10-28/h3-8H,9-13H2,1-2H3,(H,23,29)(H,24,30). The number of fused-ring (bicyclic) bond motifs is 1. The Hall–Kier alpha value is -3.83. The summed E-state index contributed by atoms with van der Waals surface area (Å²) in [7, 11) is 2.88. The molecule has 2 N–H and O–H groups in total. The maximum Gasteiger partial charge on any atom is 0.332 e. The highest BCUT2D eigenvalue weighted by Crippen LogP contribution is 2.15. The number of nitrogens with one attached hydrogen (secondary N) is 2. The van der Waals surface area contributed by atoms with Gasteiger partial charge in [0, 0.05) is 38.6 Å². The second kappa shape index (κ2) is 9.35. The summed E-state index contributed by atoms with van der Waals surface area (Å²) in [5.74, 6) is -0.611. The number of anilines is 2. The van der Waals surface area contributed by atoms with Crippen LogP contribution in [0.3, 0.4) is 0 Å². The van der Waals surface area contributed by atoms with Gasteiger partial charge in [0.15, 0.2) is 0 Å². The van der Waals surface area contributed by atoms with Crippen LogP contribution in [-0.2, 0) is 23.6 Å². The van der Waals surface area contributed by atoms with Gasteiger partial charge in [0.25, 0.3) is 11.5 Å². The van der Waals surface area contributed by atoms with Gasteiger partial charge in [0.05, 0.1) is 25.1 Å². The number of hydrogen-bond donors (Lipinski definition) is 2. The summed E-state index contributed by atoms with van der Waals surface area (Å²) < 4.78 is 7.49. The molecule has 1 aromatic carbocycles. The number of aryl methyl sites for hydroxylation is 1. The minimum Gasteiger partial charge on any atom is -0.379 e. The van der Waals surface area contributed by atoms with E-state index in [0.29, 0.717) is 31.1 Å². The lowest BCUT2D eigenvalue weighted by atomic mass is 10.2. The molecule has 1 aliphatic heterocycles. The summed E-state index contributed by atoms with van der Waals surface area (Å²) in [6.07, 6.45) is 0. The van der Waals surface area contributed by atoms with E-state index in [-0.39, 0.29) is 22.6 Å². The van der Waals surface area contributed by atoms with Crippen LogP contribution in [0.1, 0.15) is 10.5 Å². The number of amides is 2. The average molecular weight is 452 g/mol. The third-order valence-electron chi connectivity index (χ3n) is 5.43. The number of morpholine rings is 1. The summed E-state index contributed by atoms with van der Waals surface area (Å²) in [5, 5.41) is 5.80. The molecule has 3 heterocycles. The van der Waals surface area contributed by atoms with Crippen LogP contribution in [0.4, 0.5) is 11.4 Å². The number of pyridine rings is 1. The highest BCUT2D eigenvalue weighted by atomic mass is 16.5. The summed E-state index contributed by atoms with van der Waals surface area (Å²) in [6, 6.07) is 9.61. The van der Waals surface area contributed by atoms with Crippen molar-refractivity contribution in [3.05, 3.63) is 62.9 Å². The zero-order chi connectivity index (χ0) is 23.5. The Morgan fingerprint density at radius 1 is 0.939 bits per heavy atom. The Morgan fingerprint density at radius 2 is 1.58 bits per heavy atom. The van der Waals surface area contributed by atoms with Crippen LogP contribution in [0.5, 0.6) is 0 Å². The number of ether oxygens (including phenoxy) is 1. The van der Waals surface area contributed by atoms with E-state index in [9.17, 15) is 19.2 Å². The Balaban J connectivity index is 1.43. The first-order valence-corrected chi connectivity index (χ1v) is 10.4. The van der Waals surface area contributed by atoms with E-state index in [2.05, 4.69) is 15.6 Å². The molecule has 0 radical (unpaired) electrons. The fourth-order valence-electron chi connectivity index (χ4n) is 3.58. The third kappa shape index (κ3) is 4.83. The van der Waals surface area contributed by atoms with Gasteiger partial charge in [-0.2, -0.15) is 0 Å². The van der Waals surface area contributed by atoms with Gasteiger partial charge in [-0.05, 0) is 36.4 Å². The quantitative estimate of drug-likeness (QED) is 0.564. The first-order valence-electron chi connectivity index (χ1n) is 10.4. The van der Waals surface area contributed by atoms with Gasteiger partial charge in [-0.15, -0.1) is 0 Å². The van der Waals surface area contributed by atoms with Gasteiger partial charge in [-0.3, -0.25) is 28.4 Å². The van der Waals surface area contributed by atoms with Crippen molar-refractivity contribution in [3.63, 3.8) is 0 Å². The molecule has 2 aromatic heterocycles. The molecule has 0 saturated carbocycles. The predicted molar refractivity (Wildman–Crippen MR) is 123 cm³/mol. The molecule has 0 aliphatic carbocycles. The molecule has 1 aliphatic rings. The van der Waals surface area contributed by atoms with Gasteiger partial charge in [-0.1, -0.05) is 0 Å². The third-order valence-corrected chi connectivity index (χ3v) is 5.43. The zero-order valence-corrected chi connectivity index (χ0v) is 18.3. The van der Waals surface area contributed by atoms with Crippen LogP contribution in [0.15, 0.2) is 46.0 Å². The first-order chi connectivity index (χ1) is 15.8. The molecule has 2 amide bonds. The minimum atomic E-state index is -0.524. The van der Waals surface area contributed by atoms with E-state index >= 15 is 0 Å². The van der Waals surface area contributed by atoms with E-state index in [1.807, 2.05) is 4.90 Å². The number of nitrogens with zero attached hydrogens (tertiary/aromatic N) is 4. The van der Waals surface area contributed by atoms with Crippen molar-refractivity contribution in [1.82, 2.24) is 19.0 Å². The maximum absolute atomic E-state index is 12.7. The van der Waals surface area contributed by atoms with Crippen LogP contribution < -0.4 is 21.9 Å². The van der Waals surface area contributed by atoms with Crippen molar-refractivity contribution in [2.24, 2.45) is 14.1 Å². The predicted octanol–water partition coefficient (Wildman–Crippen LogP) is 0.155. The number of carbonyl (C=O) groups excluding carboxylic acids is 2. The molecule has 0 spiro atoms. The van der Waals surface area contributed by atoms with E-state index in [1.54, 1.807) is 24.3 Å². The van der Waals surface area contributed by atoms with Crippen molar-refractivity contribution in [3.8, 4) is 0 Å². The van der Waals surface area contributed by atoms with Crippen LogP contribution in [0.25, 0.3) is 11.0 Å². The molecule has 1 fully saturated rings. The first kappa shape index (κ1) is 22.4. The monoisotopic (exact) mass is 452 g/mol. The molecule has 0 bridgehead atoms. The largest absolute Gasteiger partial charge is 0.379 e. The number of hydrogen-bond acceptors (Lipinski definition) is 7. The Morgan fingerprint density at radius 3 is 2.24 bits per heavy atom. The Labute approximate surface area is 188 Å². The van der Waals surface area contributed by atoms with E-state index in [1.165, 1.54) is 30.8 Å². The van der Waals surface area contributed by atoms with E-state index < -0.39 is 17.2 Å². The van der Waals surface area contributed by atoms with Crippen molar-refractivity contribution < 1.29 is 14.3 Å². The SMILES string of the molecule is Cn1c(=O)c2ccc(C(=O)Nc3ccc(NC(=O)CN4CCOCC4)cc3)nc2n(C)c1=O. The molecule has 0 atom stereocenters. The van der Waals surface area contributed by atoms with Crippen LogP contribution in [0.2, 0.25) is 0 Å². The molecule has 3 aromatic rings. The second-order valence-electron chi connectivity index (χ2n) is 7.74. The normalized spacial score (nSPS) is 14.2. The van der Waals surface area contributed by atoms with E-state index in [4.69, 9.17) is 4.74 Å². The van der Waals surface area contributed by atoms with Gasteiger partial charge >= 0.3 is 5.69 Å². The van der Waals surface area contributed by atoms with E-state index in [0.717, 1.165) is 17.7 Å². The molecule has 11 heteroatoms. The molecule has 4 rings (SSSR count). The highest BCUT2D eigenvalue weighted by Gasteiger charge is 2.16. The van der Waals surface area contributed by atoms with Gasteiger partial charge < -0.3 is 15.4 Å². The Bertz CT molecular complexity index is 1320. The molecule has 11 nitrogen and oxygen atoms in total. The topological polar surface area (TPSA) is 128 Å². The summed E-state index contributed by atoms with van der Waals surface area (Å²) in [6.45, 7) is 3.00. The lowest BCUT2D eigenvalue weighted by molar-refractivity contribution is -0.118. The molecule has 0 unspecified atom stereocenters. The summed E-state index contributed by atoms with van der Waals surface area (Å²) in [4.78, 5) is 55.5. The molecule has 172 valence electrons. The van der Waals surface area contributed by atoms with Crippen molar-refractivity contribution in [2.75, 3.05) is 43.5 Å². The van der Waals surface area contributed by atoms with Crippen molar-refractivity contribution in [2.45, 2.75) is 0 Å². The average Bonchev–Trinajstić information content (AvgIpc) is 2.82. The number of benzene rings is 1. The van der Waals surface area contributed by atoms with Crippen LogP contribution in [-0.4, -0.2) is 63.7 Å². The summed E-state index contributed by atoms with van der Waals surface area (Å²) in [5.41, 5.74) is 0.317. The lowest BCUT2D eigenvalue weighted by Gasteiger charge is -2.25. The van der Waals surface area contributed by atoms with Crippen molar-refractivity contribution in [1.29, 1.82) is 0 Å². The van der Waals surface area contributed by atoms with Crippen molar-refractivity contribution >= 4 is 34.2 Å². The number of rotatable bonds is 5. The number of aromatic nitrogens is 3. The van der Waals surface area contributed by atoms with Gasteiger partial charge in [0.1, 0.15) is 11.3 Å². The fourth-order valence-corrected chi connectivity index (χ4v) is 3.58. The highest BCUT2D eigenvalue weighted by molar-refractivity contribution is 6.04. The lowest BCUT2D eigenvalue weighted by Crippen LogP contribution is -2.41. The Kier molecular flexibility index (Phi) is 6.33. The van der Waals surface area contributed by atoms with Gasteiger partial charge in [-0.25, -0.2) is 9.78 Å².